The van der Waals surface area contributed by atoms with Gasteiger partial charge in [-0.05, 0) is 62.7 Å². The quantitative estimate of drug-likeness (QED) is 0.299. The van der Waals surface area contributed by atoms with Gasteiger partial charge in [0.2, 0.25) is 0 Å². The molecule has 3 nitrogen and oxygen atoms in total. The van der Waals surface area contributed by atoms with Gasteiger partial charge in [-0.25, -0.2) is 0 Å². The highest BCUT2D eigenvalue weighted by atomic mass is 15.5. The Hall–Kier alpha value is -3.72. The smallest absolute Gasteiger partial charge is 0.0997 e. The van der Waals surface area contributed by atoms with E-state index in [1.165, 1.54) is 50.0 Å². The third-order valence-corrected chi connectivity index (χ3v) is 7.89. The highest BCUT2D eigenvalue weighted by Crippen LogP contribution is 2.53. The molecule has 7 rings (SSSR count). The summed E-state index contributed by atoms with van der Waals surface area (Å²) in [5.41, 5.74) is 9.20. The second-order valence-electron chi connectivity index (χ2n) is 9.76. The third kappa shape index (κ3) is 2.34. The number of benzene rings is 4. The molecule has 1 aromatic heterocycles. The Kier molecular flexibility index (Phi) is 3.66. The van der Waals surface area contributed by atoms with Crippen molar-refractivity contribution in [3.8, 4) is 5.69 Å². The van der Waals surface area contributed by atoms with Crippen LogP contribution in [0.1, 0.15) is 25.0 Å². The number of rotatable bonds is 2. The van der Waals surface area contributed by atoms with Gasteiger partial charge in [-0.3, -0.25) is 0 Å². The summed E-state index contributed by atoms with van der Waals surface area (Å²) < 4.78 is 2.40. The Labute approximate surface area is 194 Å². The van der Waals surface area contributed by atoms with Gasteiger partial charge in [0.15, 0.2) is 0 Å². The van der Waals surface area contributed by atoms with Crippen LogP contribution in [0.2, 0.25) is 0 Å². The maximum absolute atomic E-state index is 2.65. The molecule has 33 heavy (non-hydrogen) atoms. The van der Waals surface area contributed by atoms with Crippen molar-refractivity contribution >= 4 is 33.2 Å². The Bertz CT molecular complexity index is 1550. The largest absolute Gasteiger partial charge is 0.348 e. The molecule has 0 amide bonds. The molecule has 2 aliphatic heterocycles. The molecule has 0 saturated carbocycles. The van der Waals surface area contributed by atoms with E-state index in [1.807, 2.05) is 0 Å². The molecule has 4 aromatic carbocycles. The summed E-state index contributed by atoms with van der Waals surface area (Å²) in [4.78, 5) is 5.21. The molecule has 2 atom stereocenters. The van der Waals surface area contributed by atoms with E-state index in [1.54, 1.807) is 0 Å². The molecule has 5 aromatic rings. The Morgan fingerprint density at radius 1 is 0.758 bits per heavy atom. The Morgan fingerprint density at radius 3 is 2.33 bits per heavy atom. The first-order valence-electron chi connectivity index (χ1n) is 11.8. The lowest BCUT2D eigenvalue weighted by atomic mass is 9.90. The molecule has 1 unspecified atom stereocenters. The molecule has 2 bridgehead atoms. The van der Waals surface area contributed by atoms with Crippen LogP contribution in [-0.4, -0.2) is 17.3 Å². The van der Waals surface area contributed by atoms with Crippen molar-refractivity contribution in [1.29, 1.82) is 0 Å². The second-order valence-corrected chi connectivity index (χ2v) is 9.76. The number of anilines is 2. The minimum absolute atomic E-state index is 0.0216. The van der Waals surface area contributed by atoms with E-state index < -0.39 is 0 Å². The molecule has 1 fully saturated rings. The lowest BCUT2D eigenvalue weighted by Gasteiger charge is -2.43. The van der Waals surface area contributed by atoms with Gasteiger partial charge < -0.3 is 14.4 Å². The predicted molar refractivity (Wildman–Crippen MR) is 139 cm³/mol. The molecule has 1 saturated heterocycles. The number of aromatic nitrogens is 1. The van der Waals surface area contributed by atoms with Gasteiger partial charge in [0.05, 0.1) is 22.7 Å². The van der Waals surface area contributed by atoms with Gasteiger partial charge >= 0.3 is 0 Å². The first kappa shape index (κ1) is 18.8. The predicted octanol–water partition coefficient (Wildman–Crippen LogP) is 6.99. The zero-order valence-corrected chi connectivity index (χ0v) is 19.3. The first-order chi connectivity index (χ1) is 16.1. The van der Waals surface area contributed by atoms with E-state index in [0.29, 0.717) is 6.17 Å². The fraction of sp³-hybridized carbons (Fsp3) is 0.200. The van der Waals surface area contributed by atoms with Crippen LogP contribution in [-0.2, 0) is 5.54 Å². The van der Waals surface area contributed by atoms with Crippen LogP contribution in [0, 0.1) is 6.92 Å². The number of hydrogen-bond donors (Lipinski definition) is 0. The number of aryl methyl sites for hydroxylation is 1. The number of para-hydroxylation sites is 3. The van der Waals surface area contributed by atoms with Crippen molar-refractivity contribution in [3.05, 3.63) is 102 Å². The van der Waals surface area contributed by atoms with E-state index in [2.05, 4.69) is 126 Å². The third-order valence-electron chi connectivity index (χ3n) is 7.89. The summed E-state index contributed by atoms with van der Waals surface area (Å²) in [6.45, 7) is 8.06. The molecule has 0 radical (unpaired) electrons. The standard InChI is InChI=1S/C30H27N3/c1-20-17-29-24(23-13-7-9-15-26(23)32(29)22-11-5-4-6-12-22)18-28(20)33-21(2)31-19-30(33,3)25-14-8-10-16-27(25)31/h4-18,21H,19H2,1-3H3/t21-,30?/m0/s1. The van der Waals surface area contributed by atoms with Crippen LogP contribution in [0.15, 0.2) is 91.0 Å². The van der Waals surface area contributed by atoms with Crippen LogP contribution < -0.4 is 9.80 Å². The Balaban J connectivity index is 1.49. The summed E-state index contributed by atoms with van der Waals surface area (Å²) in [6, 6.07) is 33.3. The van der Waals surface area contributed by atoms with Crippen LogP contribution in [0.4, 0.5) is 11.4 Å². The normalized spacial score (nSPS) is 21.4. The highest BCUT2D eigenvalue weighted by molar-refractivity contribution is 6.10. The van der Waals surface area contributed by atoms with Gasteiger partial charge in [-0.2, -0.15) is 0 Å². The van der Waals surface area contributed by atoms with Gasteiger partial charge in [-0.1, -0.05) is 54.6 Å². The van der Waals surface area contributed by atoms with E-state index in [9.17, 15) is 0 Å². The summed E-state index contributed by atoms with van der Waals surface area (Å²) >= 11 is 0. The summed E-state index contributed by atoms with van der Waals surface area (Å²) in [5, 5.41) is 2.62. The number of hydrogen-bond acceptors (Lipinski definition) is 2. The molecule has 0 spiro atoms. The molecule has 3 heteroatoms. The lowest BCUT2D eigenvalue weighted by Crippen LogP contribution is -2.47. The first-order valence-corrected chi connectivity index (χ1v) is 11.8. The zero-order chi connectivity index (χ0) is 22.3. The maximum atomic E-state index is 2.65. The Morgan fingerprint density at radius 2 is 1.48 bits per heavy atom. The number of fused-ring (bicyclic) bond motifs is 8. The van der Waals surface area contributed by atoms with Crippen LogP contribution in [0.3, 0.4) is 0 Å². The monoisotopic (exact) mass is 429 g/mol. The summed E-state index contributed by atoms with van der Waals surface area (Å²) in [6.07, 6.45) is 0.323. The van der Waals surface area contributed by atoms with E-state index in [-0.39, 0.29) is 5.54 Å². The number of nitrogens with zero attached hydrogens (tertiary/aromatic N) is 3. The topological polar surface area (TPSA) is 11.4 Å². The van der Waals surface area contributed by atoms with Crippen molar-refractivity contribution < 1.29 is 0 Å². The van der Waals surface area contributed by atoms with E-state index in [0.717, 1.165) is 6.54 Å². The molecule has 0 aliphatic carbocycles. The van der Waals surface area contributed by atoms with Crippen LogP contribution in [0.25, 0.3) is 27.5 Å². The van der Waals surface area contributed by atoms with Gasteiger partial charge in [0.1, 0.15) is 0 Å². The average molecular weight is 430 g/mol. The van der Waals surface area contributed by atoms with Crippen molar-refractivity contribution in [2.24, 2.45) is 0 Å². The molecular formula is C30H27N3. The fourth-order valence-electron chi connectivity index (χ4n) is 6.46. The molecule has 3 heterocycles. The summed E-state index contributed by atoms with van der Waals surface area (Å²) in [7, 11) is 0. The van der Waals surface area contributed by atoms with Crippen molar-refractivity contribution in [2.45, 2.75) is 32.5 Å². The second kappa shape index (κ2) is 6.41. The molecular weight excluding hydrogens is 402 g/mol. The maximum Gasteiger partial charge on any atom is 0.0997 e. The van der Waals surface area contributed by atoms with Crippen LogP contribution >= 0.6 is 0 Å². The van der Waals surface area contributed by atoms with Gasteiger partial charge in [-0.15, -0.1) is 0 Å². The average Bonchev–Trinajstić information content (AvgIpc) is 3.42. The fourth-order valence-corrected chi connectivity index (χ4v) is 6.46. The lowest BCUT2D eigenvalue weighted by molar-refractivity contribution is 0.511. The zero-order valence-electron chi connectivity index (χ0n) is 19.3. The van der Waals surface area contributed by atoms with E-state index in [4.69, 9.17) is 0 Å². The minimum Gasteiger partial charge on any atom is -0.348 e. The van der Waals surface area contributed by atoms with Crippen molar-refractivity contribution in [3.63, 3.8) is 0 Å². The van der Waals surface area contributed by atoms with Crippen LogP contribution in [0.5, 0.6) is 0 Å². The van der Waals surface area contributed by atoms with Crippen molar-refractivity contribution in [1.82, 2.24) is 4.57 Å². The summed E-state index contributed by atoms with van der Waals surface area (Å²) in [5.74, 6) is 0. The minimum atomic E-state index is -0.0216. The molecule has 0 N–H and O–H groups in total. The highest BCUT2D eigenvalue weighted by Gasteiger charge is 2.54. The van der Waals surface area contributed by atoms with Gasteiger partial charge in [0, 0.05) is 39.9 Å². The van der Waals surface area contributed by atoms with Gasteiger partial charge in [0.25, 0.3) is 0 Å². The molecule has 2 aliphatic rings. The van der Waals surface area contributed by atoms with E-state index >= 15 is 0 Å². The molecule has 162 valence electrons. The van der Waals surface area contributed by atoms with Crippen molar-refractivity contribution in [2.75, 3.05) is 16.3 Å². The SMILES string of the molecule is Cc1cc2c(cc1N1[C@@H](C)N3CC1(C)c1ccccc13)c1ccccc1n2-c1ccccc1.